The molecule has 6 nitrogen and oxygen atoms in total. The molecule has 0 spiro atoms. The van der Waals surface area contributed by atoms with Gasteiger partial charge in [-0.3, -0.25) is 20.4 Å². The van der Waals surface area contributed by atoms with Crippen LogP contribution in [-0.4, -0.2) is 18.9 Å². The number of halogens is 3. The van der Waals surface area contributed by atoms with Gasteiger partial charge in [-0.05, 0) is 49.2 Å². The lowest BCUT2D eigenvalue weighted by Crippen LogP contribution is -2.36. The summed E-state index contributed by atoms with van der Waals surface area (Å²) >= 11 is 17.4. The average molecular weight is 442 g/mol. The molecule has 2 aromatic carbocycles. The van der Waals surface area contributed by atoms with Crippen molar-refractivity contribution >= 4 is 52.8 Å². The van der Waals surface area contributed by atoms with Gasteiger partial charge in [0.15, 0.2) is 0 Å². The number of nitriles is 1. The number of anilines is 1. The molecule has 0 heterocycles. The molecule has 0 radical (unpaired) electrons. The second kappa shape index (κ2) is 12.1. The highest BCUT2D eigenvalue weighted by Gasteiger charge is 2.07. The molecule has 0 fully saturated rings. The standard InChI is InChI=1S/C11H13ClN2.C8H6Cl2N2O2/c1-3-6-14-10-5-4-9(7-13)11(12)8(10)2;9-6-2-1-5(3-7(6)10)8(14)12-11-4-13/h4-5,14H,3,6H2,1-2H3;1-4H,(H,11,13)(H,12,14). The van der Waals surface area contributed by atoms with Crippen molar-refractivity contribution < 1.29 is 9.59 Å². The van der Waals surface area contributed by atoms with Crippen LogP contribution in [0.3, 0.4) is 0 Å². The SMILES string of the molecule is CCCNc1ccc(C#N)c(Cl)c1C.O=CNNC(=O)c1ccc(Cl)c(Cl)c1. The number of benzene rings is 2. The Labute approximate surface area is 178 Å². The van der Waals surface area contributed by atoms with Crippen LogP contribution in [0.4, 0.5) is 5.69 Å². The average Bonchev–Trinajstić information content (AvgIpc) is 2.70. The van der Waals surface area contributed by atoms with Crippen LogP contribution in [0.5, 0.6) is 0 Å². The normalized spacial score (nSPS) is 9.43. The zero-order chi connectivity index (χ0) is 21.1. The Morgan fingerprint density at radius 3 is 2.46 bits per heavy atom. The summed E-state index contributed by atoms with van der Waals surface area (Å²) in [7, 11) is 0. The molecule has 9 heteroatoms. The second-order valence-electron chi connectivity index (χ2n) is 5.48. The van der Waals surface area contributed by atoms with Crippen LogP contribution in [0.15, 0.2) is 30.3 Å². The Morgan fingerprint density at radius 1 is 1.18 bits per heavy atom. The van der Waals surface area contributed by atoms with Gasteiger partial charge in [0, 0.05) is 17.8 Å². The van der Waals surface area contributed by atoms with Crippen molar-refractivity contribution in [3.63, 3.8) is 0 Å². The molecular formula is C19H19Cl3N4O2. The summed E-state index contributed by atoms with van der Waals surface area (Å²) in [5, 5.41) is 13.2. The van der Waals surface area contributed by atoms with E-state index >= 15 is 0 Å². The summed E-state index contributed by atoms with van der Waals surface area (Å²) in [5.74, 6) is -0.462. The van der Waals surface area contributed by atoms with E-state index < -0.39 is 5.91 Å². The molecule has 0 atom stereocenters. The number of nitrogens with zero attached hydrogens (tertiary/aromatic N) is 1. The Hall–Kier alpha value is -2.46. The Bertz CT molecular complexity index is 882. The van der Waals surface area contributed by atoms with Crippen molar-refractivity contribution in [1.29, 1.82) is 5.26 Å². The number of amides is 2. The predicted molar refractivity (Wildman–Crippen MR) is 113 cm³/mol. The molecule has 0 bridgehead atoms. The Balaban J connectivity index is 0.000000280. The maximum absolute atomic E-state index is 11.2. The Kier molecular flexibility index (Phi) is 10.2. The topological polar surface area (TPSA) is 94.0 Å². The van der Waals surface area contributed by atoms with Crippen LogP contribution in [0, 0.1) is 18.3 Å². The summed E-state index contributed by atoms with van der Waals surface area (Å²) in [4.78, 5) is 21.1. The summed E-state index contributed by atoms with van der Waals surface area (Å²) in [5.41, 5.74) is 6.96. The van der Waals surface area contributed by atoms with Gasteiger partial charge in [-0.25, -0.2) is 0 Å². The monoisotopic (exact) mass is 440 g/mol. The quantitative estimate of drug-likeness (QED) is 0.446. The number of hydrazine groups is 1. The van der Waals surface area contributed by atoms with Gasteiger partial charge in [-0.2, -0.15) is 5.26 Å². The van der Waals surface area contributed by atoms with E-state index in [1.807, 2.05) is 18.4 Å². The van der Waals surface area contributed by atoms with Gasteiger partial charge in [0.05, 0.1) is 20.6 Å². The van der Waals surface area contributed by atoms with E-state index in [-0.39, 0.29) is 5.02 Å². The molecule has 0 aromatic heterocycles. The summed E-state index contributed by atoms with van der Waals surface area (Å²) < 4.78 is 0. The highest BCUT2D eigenvalue weighted by Crippen LogP contribution is 2.26. The maximum Gasteiger partial charge on any atom is 0.269 e. The highest BCUT2D eigenvalue weighted by atomic mass is 35.5. The van der Waals surface area contributed by atoms with Crippen LogP contribution in [0.2, 0.25) is 15.1 Å². The van der Waals surface area contributed by atoms with Crippen molar-refractivity contribution in [1.82, 2.24) is 10.9 Å². The minimum absolute atomic E-state index is 0.283. The van der Waals surface area contributed by atoms with Gasteiger partial charge in [0.1, 0.15) is 6.07 Å². The zero-order valence-corrected chi connectivity index (χ0v) is 17.5. The number of carbonyl (C=O) groups excluding carboxylic acids is 2. The fourth-order valence-electron chi connectivity index (χ4n) is 2.03. The van der Waals surface area contributed by atoms with E-state index in [9.17, 15) is 9.59 Å². The molecule has 0 aliphatic rings. The Morgan fingerprint density at radius 2 is 1.89 bits per heavy atom. The lowest BCUT2D eigenvalue weighted by atomic mass is 10.1. The summed E-state index contributed by atoms with van der Waals surface area (Å²) in [6.07, 6.45) is 1.42. The summed E-state index contributed by atoms with van der Waals surface area (Å²) in [6.45, 7) is 4.94. The number of carbonyl (C=O) groups is 2. The molecule has 3 N–H and O–H groups in total. The van der Waals surface area contributed by atoms with Gasteiger partial charge in [0.2, 0.25) is 6.41 Å². The van der Waals surface area contributed by atoms with E-state index in [0.717, 1.165) is 24.2 Å². The van der Waals surface area contributed by atoms with Gasteiger partial charge in [-0.1, -0.05) is 41.7 Å². The van der Waals surface area contributed by atoms with Crippen LogP contribution in [0.25, 0.3) is 0 Å². The van der Waals surface area contributed by atoms with Gasteiger partial charge >= 0.3 is 0 Å². The molecule has 2 rings (SSSR count). The van der Waals surface area contributed by atoms with Crippen LogP contribution < -0.4 is 16.2 Å². The number of rotatable bonds is 6. The molecular weight excluding hydrogens is 423 g/mol. The minimum Gasteiger partial charge on any atom is -0.385 e. The van der Waals surface area contributed by atoms with E-state index in [0.29, 0.717) is 27.6 Å². The number of nitrogens with one attached hydrogen (secondary N) is 3. The van der Waals surface area contributed by atoms with Crippen molar-refractivity contribution in [2.45, 2.75) is 20.3 Å². The smallest absolute Gasteiger partial charge is 0.269 e. The van der Waals surface area contributed by atoms with Gasteiger partial charge in [-0.15, -0.1) is 0 Å². The molecule has 148 valence electrons. The number of hydrogen-bond donors (Lipinski definition) is 3. The molecule has 0 aliphatic carbocycles. The molecule has 2 amide bonds. The number of hydrogen-bond acceptors (Lipinski definition) is 4. The van der Waals surface area contributed by atoms with Crippen molar-refractivity contribution in [2.75, 3.05) is 11.9 Å². The predicted octanol–water partition coefficient (Wildman–Crippen LogP) is 4.73. The molecule has 0 aliphatic heterocycles. The first kappa shape index (κ1) is 23.6. The van der Waals surface area contributed by atoms with E-state index in [4.69, 9.17) is 40.1 Å². The first-order chi connectivity index (χ1) is 13.3. The maximum atomic E-state index is 11.2. The third-order valence-electron chi connectivity index (χ3n) is 3.50. The van der Waals surface area contributed by atoms with Gasteiger partial charge in [0.25, 0.3) is 5.91 Å². The van der Waals surface area contributed by atoms with Crippen LogP contribution in [-0.2, 0) is 4.79 Å². The largest absolute Gasteiger partial charge is 0.385 e. The lowest BCUT2D eigenvalue weighted by Gasteiger charge is -2.10. The molecule has 0 saturated heterocycles. The lowest BCUT2D eigenvalue weighted by molar-refractivity contribution is -0.110. The molecule has 28 heavy (non-hydrogen) atoms. The zero-order valence-electron chi connectivity index (χ0n) is 15.3. The van der Waals surface area contributed by atoms with Crippen molar-refractivity contribution in [3.8, 4) is 6.07 Å². The van der Waals surface area contributed by atoms with E-state index in [1.54, 1.807) is 6.07 Å². The molecule has 0 unspecified atom stereocenters. The fourth-order valence-corrected chi connectivity index (χ4v) is 2.53. The van der Waals surface area contributed by atoms with Crippen molar-refractivity contribution in [2.24, 2.45) is 0 Å². The van der Waals surface area contributed by atoms with E-state index in [2.05, 4.69) is 23.7 Å². The van der Waals surface area contributed by atoms with Gasteiger partial charge < -0.3 is 5.32 Å². The van der Waals surface area contributed by atoms with Crippen LogP contribution in [0.1, 0.15) is 34.8 Å². The first-order valence-corrected chi connectivity index (χ1v) is 9.36. The third-order valence-corrected chi connectivity index (χ3v) is 4.72. The third kappa shape index (κ3) is 6.93. The van der Waals surface area contributed by atoms with E-state index in [1.165, 1.54) is 18.2 Å². The summed E-state index contributed by atoms with van der Waals surface area (Å²) in [6, 6.07) is 10.1. The first-order valence-electron chi connectivity index (χ1n) is 8.23. The van der Waals surface area contributed by atoms with Crippen molar-refractivity contribution in [3.05, 3.63) is 62.1 Å². The molecule has 0 saturated carbocycles. The second-order valence-corrected chi connectivity index (χ2v) is 6.68. The van der Waals surface area contributed by atoms with Crippen LogP contribution >= 0.6 is 34.8 Å². The minimum atomic E-state index is -0.462. The molecule has 2 aromatic rings. The highest BCUT2D eigenvalue weighted by molar-refractivity contribution is 6.42. The fraction of sp³-hybridized carbons (Fsp3) is 0.211.